The third-order valence-electron chi connectivity index (χ3n) is 2.99. The maximum absolute atomic E-state index is 11.4. The van der Waals surface area contributed by atoms with E-state index in [0.29, 0.717) is 13.0 Å². The van der Waals surface area contributed by atoms with Gasteiger partial charge in [-0.15, -0.1) is 0 Å². The molecule has 1 N–H and O–H groups in total. The van der Waals surface area contributed by atoms with Gasteiger partial charge in [0.1, 0.15) is 12.1 Å². The molecule has 1 fully saturated rings. The Labute approximate surface area is 120 Å². The van der Waals surface area contributed by atoms with Gasteiger partial charge in [-0.25, -0.2) is 0 Å². The number of nitrogens with one attached hydrogen (secondary N) is 1. The molecule has 1 aliphatic rings. The van der Waals surface area contributed by atoms with Crippen molar-refractivity contribution in [3.05, 3.63) is 33.3 Å². The van der Waals surface area contributed by atoms with Gasteiger partial charge >= 0.3 is 11.7 Å². The van der Waals surface area contributed by atoms with Crippen molar-refractivity contribution in [1.29, 1.82) is 0 Å². The average Bonchev–Trinajstić information content (AvgIpc) is 2.88. The molecule has 2 rings (SSSR count). The number of nitro groups is 1. The number of hydrogen-bond acceptors (Lipinski definition) is 6. The van der Waals surface area contributed by atoms with Gasteiger partial charge < -0.3 is 14.8 Å². The summed E-state index contributed by atoms with van der Waals surface area (Å²) in [5.41, 5.74) is -0.195. The van der Waals surface area contributed by atoms with E-state index < -0.39 is 11.0 Å². The highest BCUT2D eigenvalue weighted by Crippen LogP contribution is 2.31. The van der Waals surface area contributed by atoms with Crippen molar-refractivity contribution in [3.63, 3.8) is 0 Å². The number of hydrogen-bond donors (Lipinski definition) is 1. The Bertz CT molecular complexity index is 537. The van der Waals surface area contributed by atoms with Crippen LogP contribution in [-0.2, 0) is 9.53 Å². The molecule has 20 heavy (non-hydrogen) atoms. The number of carbonyl (C=O) groups excluding carboxylic acids is 1. The number of esters is 1. The molecule has 1 aromatic carbocycles. The number of carbonyl (C=O) groups is 1. The average molecular weight is 301 g/mol. The van der Waals surface area contributed by atoms with Gasteiger partial charge in [-0.3, -0.25) is 14.9 Å². The Morgan fingerprint density at radius 1 is 1.55 bits per heavy atom. The summed E-state index contributed by atoms with van der Waals surface area (Å²) in [6.07, 6.45) is 0.0610. The van der Waals surface area contributed by atoms with Crippen LogP contribution in [0.15, 0.2) is 18.2 Å². The van der Waals surface area contributed by atoms with Crippen LogP contribution in [0.5, 0.6) is 5.75 Å². The summed E-state index contributed by atoms with van der Waals surface area (Å²) in [5.74, 6) is -0.238. The molecule has 8 heteroatoms. The summed E-state index contributed by atoms with van der Waals surface area (Å²) in [4.78, 5) is 21.8. The molecule has 0 spiro atoms. The van der Waals surface area contributed by atoms with Gasteiger partial charge in [0.15, 0.2) is 5.75 Å². The molecule has 0 bridgehead atoms. The normalized spacial score (nSPS) is 21.5. The number of nitro benzene ring substituents is 1. The first-order chi connectivity index (χ1) is 9.51. The van der Waals surface area contributed by atoms with Crippen LogP contribution in [0.2, 0.25) is 5.02 Å². The lowest BCUT2D eigenvalue weighted by molar-refractivity contribution is -0.386. The fourth-order valence-electron chi connectivity index (χ4n) is 2.03. The van der Waals surface area contributed by atoms with Crippen molar-refractivity contribution in [2.75, 3.05) is 13.7 Å². The summed E-state index contributed by atoms with van der Waals surface area (Å²) in [6.45, 7) is 0.416. The van der Waals surface area contributed by atoms with Crippen molar-refractivity contribution in [1.82, 2.24) is 5.32 Å². The van der Waals surface area contributed by atoms with Gasteiger partial charge in [-0.1, -0.05) is 11.6 Å². The van der Waals surface area contributed by atoms with E-state index in [1.807, 2.05) is 0 Å². The highest BCUT2D eigenvalue weighted by Gasteiger charge is 2.32. The second-order valence-electron chi connectivity index (χ2n) is 4.33. The van der Waals surface area contributed by atoms with Gasteiger partial charge in [0.25, 0.3) is 0 Å². The van der Waals surface area contributed by atoms with Crippen molar-refractivity contribution in [2.24, 2.45) is 0 Å². The predicted molar refractivity (Wildman–Crippen MR) is 70.9 cm³/mol. The first kappa shape index (κ1) is 14.5. The first-order valence-electron chi connectivity index (χ1n) is 5.93. The SMILES string of the molecule is COC(=O)[C@@H]1C[C@H](Oc2ccc(Cl)cc2[N+](=O)[O-])CN1. The Kier molecular flexibility index (Phi) is 4.41. The molecule has 1 saturated heterocycles. The minimum absolute atomic E-state index is 0.136. The smallest absolute Gasteiger partial charge is 0.323 e. The highest BCUT2D eigenvalue weighted by molar-refractivity contribution is 6.30. The molecule has 0 unspecified atom stereocenters. The Morgan fingerprint density at radius 2 is 2.30 bits per heavy atom. The van der Waals surface area contributed by atoms with Gasteiger partial charge in [0.05, 0.1) is 12.0 Å². The van der Waals surface area contributed by atoms with E-state index in [2.05, 4.69) is 10.1 Å². The van der Waals surface area contributed by atoms with E-state index in [1.54, 1.807) is 0 Å². The van der Waals surface area contributed by atoms with Crippen LogP contribution in [0.25, 0.3) is 0 Å². The highest BCUT2D eigenvalue weighted by atomic mass is 35.5. The summed E-state index contributed by atoms with van der Waals surface area (Å²) in [5, 5.41) is 14.2. The minimum atomic E-state index is -0.554. The zero-order chi connectivity index (χ0) is 14.7. The van der Waals surface area contributed by atoms with Crippen molar-refractivity contribution in [2.45, 2.75) is 18.6 Å². The molecule has 0 aliphatic carbocycles. The molecule has 1 heterocycles. The van der Waals surface area contributed by atoms with E-state index in [-0.39, 0.29) is 28.5 Å². The van der Waals surface area contributed by atoms with Crippen molar-refractivity contribution < 1.29 is 19.2 Å². The predicted octanol–water partition coefficient (Wildman–Crippen LogP) is 1.53. The lowest BCUT2D eigenvalue weighted by atomic mass is 10.2. The van der Waals surface area contributed by atoms with Gasteiger partial charge in [0, 0.05) is 24.1 Å². The van der Waals surface area contributed by atoms with Gasteiger partial charge in [0.2, 0.25) is 0 Å². The Hall–Kier alpha value is -1.86. The van der Waals surface area contributed by atoms with Crippen LogP contribution in [0.1, 0.15) is 6.42 Å². The summed E-state index contributed by atoms with van der Waals surface area (Å²) >= 11 is 5.73. The number of methoxy groups -OCH3 is 1. The fraction of sp³-hybridized carbons (Fsp3) is 0.417. The second-order valence-corrected chi connectivity index (χ2v) is 4.77. The zero-order valence-electron chi connectivity index (χ0n) is 10.7. The van der Waals surface area contributed by atoms with E-state index in [4.69, 9.17) is 16.3 Å². The summed E-state index contributed by atoms with van der Waals surface area (Å²) in [6, 6.07) is 3.75. The lowest BCUT2D eigenvalue weighted by Crippen LogP contribution is -2.31. The van der Waals surface area contributed by atoms with Crippen LogP contribution in [-0.4, -0.2) is 36.7 Å². The van der Waals surface area contributed by atoms with Crippen LogP contribution < -0.4 is 10.1 Å². The first-order valence-corrected chi connectivity index (χ1v) is 6.31. The van der Waals surface area contributed by atoms with E-state index >= 15 is 0 Å². The monoisotopic (exact) mass is 300 g/mol. The number of nitrogens with zero attached hydrogens (tertiary/aromatic N) is 1. The number of benzene rings is 1. The fourth-order valence-corrected chi connectivity index (χ4v) is 2.19. The molecule has 0 amide bonds. The maximum atomic E-state index is 11.4. The van der Waals surface area contributed by atoms with Gasteiger partial charge in [-0.05, 0) is 12.1 Å². The topological polar surface area (TPSA) is 90.7 Å². The molecule has 1 aromatic rings. The third-order valence-corrected chi connectivity index (χ3v) is 3.22. The second kappa shape index (κ2) is 6.06. The molecule has 7 nitrogen and oxygen atoms in total. The molecule has 0 radical (unpaired) electrons. The van der Waals surface area contributed by atoms with Gasteiger partial charge in [-0.2, -0.15) is 0 Å². The molecule has 0 saturated carbocycles. The minimum Gasteiger partial charge on any atom is -0.482 e. The van der Waals surface area contributed by atoms with Crippen LogP contribution in [0, 0.1) is 10.1 Å². The Morgan fingerprint density at radius 3 is 2.95 bits per heavy atom. The summed E-state index contributed by atoms with van der Waals surface area (Å²) in [7, 11) is 1.31. The van der Waals surface area contributed by atoms with Crippen molar-refractivity contribution in [3.8, 4) is 5.75 Å². The van der Waals surface area contributed by atoms with Crippen molar-refractivity contribution >= 4 is 23.3 Å². The number of rotatable bonds is 4. The number of halogens is 1. The molecule has 0 aromatic heterocycles. The van der Waals surface area contributed by atoms with Crippen LogP contribution in [0.4, 0.5) is 5.69 Å². The molecular formula is C12H13ClN2O5. The molecule has 2 atom stereocenters. The van der Waals surface area contributed by atoms with Crippen LogP contribution in [0.3, 0.4) is 0 Å². The molecule has 108 valence electrons. The maximum Gasteiger partial charge on any atom is 0.323 e. The molecular weight excluding hydrogens is 288 g/mol. The number of ether oxygens (including phenoxy) is 2. The van der Waals surface area contributed by atoms with Crippen LogP contribution >= 0.6 is 11.6 Å². The molecule has 1 aliphatic heterocycles. The van der Waals surface area contributed by atoms with E-state index in [9.17, 15) is 14.9 Å². The van der Waals surface area contributed by atoms with E-state index in [0.717, 1.165) is 0 Å². The summed E-state index contributed by atoms with van der Waals surface area (Å²) < 4.78 is 10.2. The largest absolute Gasteiger partial charge is 0.482 e. The standard InChI is InChI=1S/C12H13ClN2O5/c1-19-12(16)9-5-8(6-14-9)20-11-3-2-7(13)4-10(11)15(17)18/h2-4,8-9,14H,5-6H2,1H3/t8-,9-/m0/s1. The van der Waals surface area contributed by atoms with E-state index in [1.165, 1.54) is 25.3 Å². The third kappa shape index (κ3) is 3.17. The lowest BCUT2D eigenvalue weighted by Gasteiger charge is -2.12. The Balaban J connectivity index is 2.08. The quantitative estimate of drug-likeness (QED) is 0.515. The zero-order valence-corrected chi connectivity index (χ0v) is 11.4.